The van der Waals surface area contributed by atoms with E-state index in [9.17, 15) is 4.79 Å². The minimum absolute atomic E-state index is 0.0139. The maximum Gasteiger partial charge on any atom is 0.310 e. The fraction of sp³-hybridized carbons (Fsp3) is 0.231. The molecule has 0 atom stereocenters. The monoisotopic (exact) mass is 272 g/mol. The molecular formula is C13H12N4O3. The van der Waals surface area contributed by atoms with Gasteiger partial charge in [-0.25, -0.2) is 0 Å². The van der Waals surface area contributed by atoms with Crippen molar-refractivity contribution in [3.05, 3.63) is 23.8 Å². The molecule has 1 rings (SSSR count). The summed E-state index contributed by atoms with van der Waals surface area (Å²) < 4.78 is 9.75. The summed E-state index contributed by atoms with van der Waals surface area (Å²) in [6, 6.07) is 8.31. The SMILES string of the molecule is COC(=O)Cc1cccc(OC)c1NN=C(C#N)C#N. The van der Waals surface area contributed by atoms with Crippen molar-refractivity contribution in [3.8, 4) is 17.9 Å². The van der Waals surface area contributed by atoms with E-state index in [1.165, 1.54) is 14.2 Å². The summed E-state index contributed by atoms with van der Waals surface area (Å²) in [6.07, 6.45) is 0.0139. The largest absolute Gasteiger partial charge is 0.495 e. The van der Waals surface area contributed by atoms with E-state index in [0.29, 0.717) is 17.0 Å². The highest BCUT2D eigenvalue weighted by atomic mass is 16.5. The molecule has 0 amide bonds. The third kappa shape index (κ3) is 3.72. The number of anilines is 1. The molecule has 0 fully saturated rings. The molecule has 0 aliphatic carbocycles. The van der Waals surface area contributed by atoms with E-state index >= 15 is 0 Å². The molecule has 0 heterocycles. The van der Waals surface area contributed by atoms with Gasteiger partial charge in [0.2, 0.25) is 5.71 Å². The number of methoxy groups -OCH3 is 2. The zero-order chi connectivity index (χ0) is 15.0. The van der Waals surface area contributed by atoms with Gasteiger partial charge in [0, 0.05) is 0 Å². The lowest BCUT2D eigenvalue weighted by Gasteiger charge is -2.12. The van der Waals surface area contributed by atoms with Crippen molar-refractivity contribution in [1.82, 2.24) is 0 Å². The van der Waals surface area contributed by atoms with Crippen LogP contribution in [0.4, 0.5) is 5.69 Å². The number of carbonyl (C=O) groups is 1. The first-order valence-electron chi connectivity index (χ1n) is 5.52. The minimum atomic E-state index is -0.425. The molecule has 0 saturated heterocycles. The summed E-state index contributed by atoms with van der Waals surface area (Å²) >= 11 is 0. The van der Waals surface area contributed by atoms with E-state index in [0.717, 1.165) is 0 Å². The predicted octanol–water partition coefficient (Wildman–Crippen LogP) is 1.23. The topological polar surface area (TPSA) is 108 Å². The molecule has 20 heavy (non-hydrogen) atoms. The van der Waals surface area contributed by atoms with Crippen LogP contribution in [0.15, 0.2) is 23.3 Å². The Bertz CT molecular complexity index is 595. The summed E-state index contributed by atoms with van der Waals surface area (Å²) in [7, 11) is 2.75. The Morgan fingerprint density at radius 2 is 2.05 bits per heavy atom. The lowest BCUT2D eigenvalue weighted by atomic mass is 10.1. The van der Waals surface area contributed by atoms with Gasteiger partial charge in [0.05, 0.1) is 20.6 Å². The van der Waals surface area contributed by atoms with E-state index in [-0.39, 0.29) is 12.1 Å². The van der Waals surface area contributed by atoms with Crippen LogP contribution in [0.3, 0.4) is 0 Å². The van der Waals surface area contributed by atoms with Crippen LogP contribution in [-0.2, 0) is 16.0 Å². The average molecular weight is 272 g/mol. The van der Waals surface area contributed by atoms with Gasteiger partial charge in [0.25, 0.3) is 0 Å². The number of para-hydroxylation sites is 1. The number of rotatable bonds is 5. The zero-order valence-electron chi connectivity index (χ0n) is 11.0. The molecule has 0 bridgehead atoms. The van der Waals surface area contributed by atoms with Gasteiger partial charge in [-0.15, -0.1) is 0 Å². The standard InChI is InChI=1S/C13H12N4O3/c1-19-11-5-3-4-9(6-12(18)20-2)13(11)17-16-10(7-14)8-15/h3-5,17H,6H2,1-2H3. The molecule has 7 heteroatoms. The summed E-state index contributed by atoms with van der Waals surface area (Å²) in [5.74, 6) is 0.0106. The van der Waals surface area contributed by atoms with Crippen molar-refractivity contribution in [3.63, 3.8) is 0 Å². The Hall–Kier alpha value is -3.06. The summed E-state index contributed by atoms with van der Waals surface area (Å²) in [4.78, 5) is 11.4. The second kappa shape index (κ2) is 7.39. The molecule has 0 saturated carbocycles. The summed E-state index contributed by atoms with van der Waals surface area (Å²) in [6.45, 7) is 0. The smallest absolute Gasteiger partial charge is 0.310 e. The Labute approximate surface area is 116 Å². The number of hydrogen-bond acceptors (Lipinski definition) is 7. The molecule has 0 radical (unpaired) electrons. The molecule has 7 nitrogen and oxygen atoms in total. The second-order valence-corrected chi connectivity index (χ2v) is 3.54. The number of hydrazone groups is 1. The van der Waals surface area contributed by atoms with Crippen LogP contribution in [0.25, 0.3) is 0 Å². The van der Waals surface area contributed by atoms with Crippen LogP contribution in [0.1, 0.15) is 5.56 Å². The van der Waals surface area contributed by atoms with E-state index in [2.05, 4.69) is 15.3 Å². The van der Waals surface area contributed by atoms with Gasteiger partial charge in [0.15, 0.2) is 0 Å². The molecule has 0 spiro atoms. The van der Waals surface area contributed by atoms with Crippen molar-refractivity contribution in [2.75, 3.05) is 19.6 Å². The van der Waals surface area contributed by atoms with Crippen molar-refractivity contribution >= 4 is 17.4 Å². The molecular weight excluding hydrogens is 260 g/mol. The van der Waals surface area contributed by atoms with Crippen LogP contribution in [0.2, 0.25) is 0 Å². The maximum atomic E-state index is 11.4. The van der Waals surface area contributed by atoms with Gasteiger partial charge in [0.1, 0.15) is 23.6 Å². The number of nitrogens with zero attached hydrogens (tertiary/aromatic N) is 3. The number of hydrogen-bond donors (Lipinski definition) is 1. The molecule has 1 aromatic carbocycles. The van der Waals surface area contributed by atoms with Crippen LogP contribution < -0.4 is 10.2 Å². The molecule has 0 unspecified atom stereocenters. The Morgan fingerprint density at radius 3 is 2.60 bits per heavy atom. The van der Waals surface area contributed by atoms with Crippen molar-refractivity contribution in [1.29, 1.82) is 10.5 Å². The zero-order valence-corrected chi connectivity index (χ0v) is 11.0. The highest BCUT2D eigenvalue weighted by Gasteiger charge is 2.12. The first-order chi connectivity index (χ1) is 9.65. The number of nitrogens with one attached hydrogen (secondary N) is 1. The number of ether oxygens (including phenoxy) is 2. The van der Waals surface area contributed by atoms with Crippen LogP contribution in [-0.4, -0.2) is 25.9 Å². The van der Waals surface area contributed by atoms with Gasteiger partial charge < -0.3 is 9.47 Å². The maximum absolute atomic E-state index is 11.4. The number of benzene rings is 1. The molecule has 102 valence electrons. The van der Waals surface area contributed by atoms with Crippen LogP contribution >= 0.6 is 0 Å². The molecule has 0 aromatic heterocycles. The lowest BCUT2D eigenvalue weighted by molar-refractivity contribution is -0.139. The van der Waals surface area contributed by atoms with Crippen LogP contribution in [0.5, 0.6) is 5.75 Å². The quantitative estimate of drug-likeness (QED) is 0.490. The van der Waals surface area contributed by atoms with E-state index in [1.807, 2.05) is 0 Å². The molecule has 1 N–H and O–H groups in total. The normalized spacial score (nSPS) is 8.80. The first-order valence-corrected chi connectivity index (χ1v) is 5.52. The molecule has 1 aromatic rings. The third-order valence-corrected chi connectivity index (χ3v) is 2.39. The second-order valence-electron chi connectivity index (χ2n) is 3.54. The fourth-order valence-electron chi connectivity index (χ4n) is 1.44. The predicted molar refractivity (Wildman–Crippen MR) is 71.0 cm³/mol. The Kier molecular flexibility index (Phi) is 5.54. The van der Waals surface area contributed by atoms with Gasteiger partial charge in [-0.3, -0.25) is 10.2 Å². The van der Waals surface area contributed by atoms with Gasteiger partial charge in [-0.1, -0.05) is 12.1 Å². The Balaban J connectivity index is 3.14. The first kappa shape index (κ1) is 15.0. The van der Waals surface area contributed by atoms with E-state index < -0.39 is 5.97 Å². The molecule has 0 aliphatic heterocycles. The number of carbonyl (C=O) groups excluding carboxylic acids is 1. The highest BCUT2D eigenvalue weighted by molar-refractivity contribution is 6.10. The van der Waals surface area contributed by atoms with Crippen molar-refractivity contribution in [2.24, 2.45) is 5.10 Å². The lowest BCUT2D eigenvalue weighted by Crippen LogP contribution is -2.08. The Morgan fingerprint density at radius 1 is 1.35 bits per heavy atom. The van der Waals surface area contributed by atoms with Gasteiger partial charge in [-0.05, 0) is 11.6 Å². The average Bonchev–Trinajstić information content (AvgIpc) is 2.48. The van der Waals surface area contributed by atoms with Crippen molar-refractivity contribution < 1.29 is 14.3 Å². The van der Waals surface area contributed by atoms with E-state index in [4.69, 9.17) is 15.3 Å². The summed E-state index contributed by atoms with van der Waals surface area (Å²) in [5.41, 5.74) is 3.23. The van der Waals surface area contributed by atoms with E-state index in [1.54, 1.807) is 30.3 Å². The van der Waals surface area contributed by atoms with Crippen LogP contribution in [0, 0.1) is 22.7 Å². The van der Waals surface area contributed by atoms with Gasteiger partial charge >= 0.3 is 5.97 Å². The minimum Gasteiger partial charge on any atom is -0.495 e. The summed E-state index contributed by atoms with van der Waals surface area (Å²) in [5, 5.41) is 20.9. The third-order valence-electron chi connectivity index (χ3n) is 2.39. The number of esters is 1. The van der Waals surface area contributed by atoms with Gasteiger partial charge in [-0.2, -0.15) is 15.6 Å². The molecule has 0 aliphatic rings. The highest BCUT2D eigenvalue weighted by Crippen LogP contribution is 2.29. The number of nitriles is 2. The van der Waals surface area contributed by atoms with Crippen molar-refractivity contribution in [2.45, 2.75) is 6.42 Å². The fourth-order valence-corrected chi connectivity index (χ4v) is 1.44.